The monoisotopic (exact) mass is 614 g/mol. The molecule has 2 atom stereocenters. The third-order valence-corrected chi connectivity index (χ3v) is 8.04. The molecule has 1 amide bonds. The third-order valence-electron chi connectivity index (χ3n) is 8.04. The van der Waals surface area contributed by atoms with E-state index in [0.717, 1.165) is 57.8 Å². The zero-order valence-electron chi connectivity index (χ0n) is 28.9. The number of aliphatic hydroxyl groups excluding tert-OH is 2. The maximum absolute atomic E-state index is 12.2. The Labute approximate surface area is 273 Å². The highest BCUT2D eigenvalue weighted by molar-refractivity contribution is 5.76. The molecular weight excluding hydrogens is 542 g/mol. The molecule has 0 heterocycles. The molecule has 0 saturated heterocycles. The number of amides is 1. The van der Waals surface area contributed by atoms with Crippen molar-refractivity contribution in [2.75, 3.05) is 6.61 Å². The summed E-state index contributed by atoms with van der Waals surface area (Å²) in [6, 6.07) is -0.535. The molecule has 0 aliphatic rings. The molecule has 0 spiro atoms. The lowest BCUT2D eigenvalue weighted by Gasteiger charge is -2.22. The summed E-state index contributed by atoms with van der Waals surface area (Å²) in [7, 11) is 0. The van der Waals surface area contributed by atoms with E-state index in [1.165, 1.54) is 83.5 Å². The number of unbranched alkanes of at least 4 members (excludes halogenated alkanes) is 15. The van der Waals surface area contributed by atoms with Crippen LogP contribution in [-0.2, 0) is 4.79 Å². The van der Waals surface area contributed by atoms with Crippen molar-refractivity contribution in [2.24, 2.45) is 0 Å². The molecule has 0 rings (SSSR count). The first-order valence-corrected chi connectivity index (χ1v) is 18.5. The quantitative estimate of drug-likeness (QED) is 0.0522. The Kier molecular flexibility index (Phi) is 34.0. The fourth-order valence-corrected chi connectivity index (χ4v) is 5.21. The van der Waals surface area contributed by atoms with E-state index < -0.39 is 12.1 Å². The van der Waals surface area contributed by atoms with Gasteiger partial charge in [-0.1, -0.05) is 164 Å². The van der Waals surface area contributed by atoms with Crippen LogP contribution in [0.5, 0.6) is 0 Å². The molecule has 0 radical (unpaired) electrons. The number of hydrogen-bond acceptors (Lipinski definition) is 3. The van der Waals surface area contributed by atoms with Gasteiger partial charge in [0.15, 0.2) is 0 Å². The second-order valence-corrected chi connectivity index (χ2v) is 12.3. The van der Waals surface area contributed by atoms with Gasteiger partial charge in [0.25, 0.3) is 0 Å². The van der Waals surface area contributed by atoms with E-state index in [0.29, 0.717) is 12.8 Å². The molecule has 0 aliphatic carbocycles. The van der Waals surface area contributed by atoms with Gasteiger partial charge in [-0.05, 0) is 57.8 Å². The van der Waals surface area contributed by atoms with E-state index in [4.69, 9.17) is 0 Å². The van der Waals surface area contributed by atoms with Crippen LogP contribution in [0.1, 0.15) is 168 Å². The summed E-state index contributed by atoms with van der Waals surface area (Å²) >= 11 is 0. The van der Waals surface area contributed by atoms with Crippen LogP contribution >= 0.6 is 0 Å². The van der Waals surface area contributed by atoms with Crippen LogP contribution in [0.15, 0.2) is 60.8 Å². The number of rotatable bonds is 32. The maximum atomic E-state index is 12.2. The van der Waals surface area contributed by atoms with Crippen molar-refractivity contribution in [1.82, 2.24) is 5.32 Å². The minimum atomic E-state index is -0.658. The minimum absolute atomic E-state index is 0.0459. The molecule has 0 saturated carbocycles. The molecule has 4 nitrogen and oxygen atoms in total. The molecule has 0 aromatic rings. The summed E-state index contributed by atoms with van der Waals surface area (Å²) in [5, 5.41) is 22.7. The van der Waals surface area contributed by atoms with Gasteiger partial charge in [0, 0.05) is 6.42 Å². The van der Waals surface area contributed by atoms with Gasteiger partial charge in [0.1, 0.15) is 0 Å². The SMILES string of the molecule is CC/C=C\C/C=C\C/C=C\C/C=C\C/C=C\CCCCCCCCCCCCCC(=O)NC(CO)C(O)CCCCCCC. The second kappa shape index (κ2) is 35.6. The first kappa shape index (κ1) is 42.1. The van der Waals surface area contributed by atoms with Crippen LogP contribution in [0, 0.1) is 0 Å². The summed E-state index contributed by atoms with van der Waals surface area (Å²) < 4.78 is 0. The molecule has 4 heteroatoms. The minimum Gasteiger partial charge on any atom is -0.394 e. The lowest BCUT2D eigenvalue weighted by Crippen LogP contribution is -2.45. The van der Waals surface area contributed by atoms with Gasteiger partial charge in [-0.3, -0.25) is 4.79 Å². The number of nitrogens with one attached hydrogen (secondary N) is 1. The standard InChI is InChI=1S/C40H71NO3/c1-3-5-7-9-10-11-12-13-14-15-16-17-18-19-20-21-22-23-24-25-26-27-28-29-30-32-34-36-40(44)41-38(37-42)39(43)35-33-31-8-6-4-2/h5,7,10-11,13-14,16-17,19-20,38-39,42-43H,3-4,6,8-9,12,15,18,21-37H2,1-2H3,(H,41,44)/b7-5-,11-10-,14-13-,17-16-,20-19-. The Bertz CT molecular complexity index is 752. The van der Waals surface area contributed by atoms with Crippen LogP contribution in [-0.4, -0.2) is 34.9 Å². The van der Waals surface area contributed by atoms with Gasteiger partial charge < -0.3 is 15.5 Å². The molecule has 0 bridgehead atoms. The Morgan fingerprint density at radius 1 is 0.568 bits per heavy atom. The molecule has 3 N–H and O–H groups in total. The molecule has 0 aromatic heterocycles. The number of aliphatic hydroxyl groups is 2. The lowest BCUT2D eigenvalue weighted by atomic mass is 10.0. The van der Waals surface area contributed by atoms with Crippen molar-refractivity contribution >= 4 is 5.91 Å². The van der Waals surface area contributed by atoms with Gasteiger partial charge in [0.05, 0.1) is 18.8 Å². The highest BCUT2D eigenvalue weighted by Gasteiger charge is 2.19. The highest BCUT2D eigenvalue weighted by Crippen LogP contribution is 2.14. The van der Waals surface area contributed by atoms with Gasteiger partial charge in [-0.15, -0.1) is 0 Å². The molecule has 254 valence electrons. The molecular formula is C40H71NO3. The van der Waals surface area contributed by atoms with Crippen molar-refractivity contribution in [2.45, 2.75) is 180 Å². The van der Waals surface area contributed by atoms with Crippen molar-refractivity contribution < 1.29 is 15.0 Å². The van der Waals surface area contributed by atoms with Gasteiger partial charge in [-0.2, -0.15) is 0 Å². The van der Waals surface area contributed by atoms with E-state index in [-0.39, 0.29) is 12.5 Å². The molecule has 0 fully saturated rings. The Balaban J connectivity index is 3.50. The molecule has 0 aliphatic heterocycles. The molecule has 0 aromatic carbocycles. The first-order chi connectivity index (χ1) is 21.7. The lowest BCUT2D eigenvalue weighted by molar-refractivity contribution is -0.123. The van der Waals surface area contributed by atoms with Crippen LogP contribution in [0.25, 0.3) is 0 Å². The fourth-order valence-electron chi connectivity index (χ4n) is 5.21. The van der Waals surface area contributed by atoms with Crippen molar-refractivity contribution in [3.63, 3.8) is 0 Å². The number of carbonyl (C=O) groups excluding carboxylic acids is 1. The van der Waals surface area contributed by atoms with E-state index in [1.54, 1.807) is 0 Å². The zero-order valence-corrected chi connectivity index (χ0v) is 28.9. The zero-order chi connectivity index (χ0) is 32.2. The predicted molar refractivity (Wildman–Crippen MR) is 193 cm³/mol. The summed E-state index contributed by atoms with van der Waals surface area (Å²) in [4.78, 5) is 12.2. The largest absolute Gasteiger partial charge is 0.394 e. The van der Waals surface area contributed by atoms with Gasteiger partial charge in [0.2, 0.25) is 5.91 Å². The summed E-state index contributed by atoms with van der Waals surface area (Å²) in [6.07, 6.45) is 48.8. The molecule has 2 unspecified atom stereocenters. The number of carbonyl (C=O) groups is 1. The van der Waals surface area contributed by atoms with Gasteiger partial charge in [-0.25, -0.2) is 0 Å². The van der Waals surface area contributed by atoms with Crippen LogP contribution in [0.4, 0.5) is 0 Å². The average Bonchev–Trinajstić information content (AvgIpc) is 3.03. The first-order valence-electron chi connectivity index (χ1n) is 18.5. The summed E-state index contributed by atoms with van der Waals surface area (Å²) in [5.41, 5.74) is 0. The Morgan fingerprint density at radius 2 is 1.00 bits per heavy atom. The van der Waals surface area contributed by atoms with Gasteiger partial charge >= 0.3 is 0 Å². The van der Waals surface area contributed by atoms with Crippen LogP contribution in [0.2, 0.25) is 0 Å². The summed E-state index contributed by atoms with van der Waals surface area (Å²) in [5.74, 6) is -0.0459. The van der Waals surface area contributed by atoms with Crippen molar-refractivity contribution in [3.05, 3.63) is 60.8 Å². The van der Waals surface area contributed by atoms with Crippen molar-refractivity contribution in [1.29, 1.82) is 0 Å². The smallest absolute Gasteiger partial charge is 0.220 e. The summed E-state index contributed by atoms with van der Waals surface area (Å²) in [6.45, 7) is 4.15. The average molecular weight is 614 g/mol. The maximum Gasteiger partial charge on any atom is 0.220 e. The predicted octanol–water partition coefficient (Wildman–Crippen LogP) is 11.0. The Morgan fingerprint density at radius 3 is 1.50 bits per heavy atom. The van der Waals surface area contributed by atoms with E-state index >= 15 is 0 Å². The number of allylic oxidation sites excluding steroid dienone is 10. The third kappa shape index (κ3) is 31.5. The second-order valence-electron chi connectivity index (χ2n) is 12.3. The number of hydrogen-bond donors (Lipinski definition) is 3. The topological polar surface area (TPSA) is 69.6 Å². The molecule has 44 heavy (non-hydrogen) atoms. The van der Waals surface area contributed by atoms with Crippen LogP contribution < -0.4 is 5.32 Å². The van der Waals surface area contributed by atoms with Crippen LogP contribution in [0.3, 0.4) is 0 Å². The van der Waals surface area contributed by atoms with E-state index in [2.05, 4.69) is 79.9 Å². The van der Waals surface area contributed by atoms with E-state index in [9.17, 15) is 15.0 Å². The van der Waals surface area contributed by atoms with E-state index in [1.807, 2.05) is 0 Å². The van der Waals surface area contributed by atoms with Crippen molar-refractivity contribution in [3.8, 4) is 0 Å². The normalized spacial score (nSPS) is 13.8. The Hall–Kier alpha value is -1.91. The fraction of sp³-hybridized carbons (Fsp3) is 0.725. The highest BCUT2D eigenvalue weighted by atomic mass is 16.3.